The lowest BCUT2D eigenvalue weighted by atomic mass is 10.1. The van der Waals surface area contributed by atoms with Crippen molar-refractivity contribution in [3.63, 3.8) is 0 Å². The van der Waals surface area contributed by atoms with Gasteiger partial charge in [-0.05, 0) is 31.2 Å². The van der Waals surface area contributed by atoms with E-state index in [1.807, 2.05) is 31.2 Å². The van der Waals surface area contributed by atoms with E-state index in [9.17, 15) is 19.7 Å². The Morgan fingerprint density at radius 3 is 2.40 bits per heavy atom. The monoisotopic (exact) mass is 339 g/mol. The highest BCUT2D eigenvalue weighted by atomic mass is 16.6. The third-order valence-electron chi connectivity index (χ3n) is 4.19. The van der Waals surface area contributed by atoms with E-state index in [4.69, 9.17) is 0 Å². The third-order valence-corrected chi connectivity index (χ3v) is 4.19. The average molecular weight is 339 g/mol. The number of nitrogens with one attached hydrogen (secondary N) is 1. The van der Waals surface area contributed by atoms with Crippen molar-refractivity contribution in [2.24, 2.45) is 5.92 Å². The summed E-state index contributed by atoms with van der Waals surface area (Å²) in [7, 11) is 0. The van der Waals surface area contributed by atoms with Gasteiger partial charge in [-0.2, -0.15) is 0 Å². The fraction of sp³-hybridized carbons (Fsp3) is 0.222. The van der Waals surface area contributed by atoms with Gasteiger partial charge < -0.3 is 10.2 Å². The minimum atomic E-state index is -0.499. The molecule has 1 saturated heterocycles. The van der Waals surface area contributed by atoms with Crippen LogP contribution in [0.4, 0.5) is 17.1 Å². The molecule has 0 bridgehead atoms. The molecule has 1 N–H and O–H groups in total. The molecule has 0 aromatic heterocycles. The summed E-state index contributed by atoms with van der Waals surface area (Å²) < 4.78 is 0. The number of hydrogen-bond acceptors (Lipinski definition) is 4. The number of nitro groups is 1. The Labute approximate surface area is 144 Å². The van der Waals surface area contributed by atoms with Gasteiger partial charge in [0.15, 0.2) is 0 Å². The van der Waals surface area contributed by atoms with Crippen LogP contribution in [0.25, 0.3) is 0 Å². The highest BCUT2D eigenvalue weighted by Gasteiger charge is 2.35. The molecule has 25 heavy (non-hydrogen) atoms. The van der Waals surface area contributed by atoms with Gasteiger partial charge in [0.1, 0.15) is 0 Å². The second-order valence-electron chi connectivity index (χ2n) is 6.03. The molecule has 0 aliphatic carbocycles. The number of carbonyl (C=O) groups is 2. The van der Waals surface area contributed by atoms with Crippen LogP contribution >= 0.6 is 0 Å². The zero-order valence-corrected chi connectivity index (χ0v) is 13.6. The second-order valence-corrected chi connectivity index (χ2v) is 6.03. The molecule has 2 amide bonds. The molecule has 7 nitrogen and oxygen atoms in total. The number of non-ortho nitro benzene ring substituents is 1. The number of hydrogen-bond donors (Lipinski definition) is 1. The molecule has 0 radical (unpaired) electrons. The van der Waals surface area contributed by atoms with Crippen molar-refractivity contribution in [3.8, 4) is 0 Å². The van der Waals surface area contributed by atoms with Crippen molar-refractivity contribution >= 4 is 28.9 Å². The predicted octanol–water partition coefficient (Wildman–Crippen LogP) is 2.89. The standard InChI is InChI=1S/C18H17N3O4/c1-12-2-6-15(7-3-12)20-11-13(10-17(20)22)18(23)19-14-4-8-16(9-5-14)21(24)25/h2-9,13H,10-11H2,1H3,(H,19,23)/t13-/m1/s1. The summed E-state index contributed by atoms with van der Waals surface area (Å²) >= 11 is 0. The van der Waals surface area contributed by atoms with E-state index in [0.717, 1.165) is 11.3 Å². The van der Waals surface area contributed by atoms with Crippen LogP contribution in [0.15, 0.2) is 48.5 Å². The molecule has 1 aliphatic heterocycles. The van der Waals surface area contributed by atoms with Crippen LogP contribution in [0.1, 0.15) is 12.0 Å². The number of carbonyl (C=O) groups excluding carboxylic acids is 2. The van der Waals surface area contributed by atoms with Crippen LogP contribution < -0.4 is 10.2 Å². The van der Waals surface area contributed by atoms with Crippen molar-refractivity contribution in [3.05, 3.63) is 64.2 Å². The van der Waals surface area contributed by atoms with Crippen LogP contribution in [0.2, 0.25) is 0 Å². The molecule has 1 atom stereocenters. The van der Waals surface area contributed by atoms with Crippen LogP contribution in [0.3, 0.4) is 0 Å². The zero-order chi connectivity index (χ0) is 18.0. The second kappa shape index (κ2) is 6.72. The average Bonchev–Trinajstić information content (AvgIpc) is 2.98. The Balaban J connectivity index is 1.66. The predicted molar refractivity (Wildman–Crippen MR) is 93.4 cm³/mol. The van der Waals surface area contributed by atoms with Crippen molar-refractivity contribution in [2.45, 2.75) is 13.3 Å². The van der Waals surface area contributed by atoms with E-state index >= 15 is 0 Å². The van der Waals surface area contributed by atoms with Crippen LogP contribution in [0.5, 0.6) is 0 Å². The lowest BCUT2D eigenvalue weighted by molar-refractivity contribution is -0.384. The highest BCUT2D eigenvalue weighted by molar-refractivity contribution is 6.03. The van der Waals surface area contributed by atoms with E-state index in [0.29, 0.717) is 12.2 Å². The maximum Gasteiger partial charge on any atom is 0.269 e. The minimum absolute atomic E-state index is 0.0420. The van der Waals surface area contributed by atoms with Gasteiger partial charge in [-0.3, -0.25) is 19.7 Å². The maximum absolute atomic E-state index is 12.4. The number of nitro benzene ring substituents is 1. The molecule has 2 aromatic rings. The SMILES string of the molecule is Cc1ccc(N2C[C@H](C(=O)Nc3ccc([N+](=O)[O-])cc3)CC2=O)cc1. The van der Waals surface area contributed by atoms with E-state index in [1.54, 1.807) is 4.90 Å². The summed E-state index contributed by atoms with van der Waals surface area (Å²) in [5.41, 5.74) is 2.31. The van der Waals surface area contributed by atoms with Crippen LogP contribution in [-0.4, -0.2) is 23.3 Å². The first-order chi connectivity index (χ1) is 11.9. The summed E-state index contributed by atoms with van der Waals surface area (Å²) in [5.74, 6) is -0.812. The molecule has 0 spiro atoms. The van der Waals surface area contributed by atoms with E-state index in [2.05, 4.69) is 5.32 Å². The Bertz CT molecular complexity index is 815. The fourth-order valence-corrected chi connectivity index (χ4v) is 2.77. The van der Waals surface area contributed by atoms with Crippen molar-refractivity contribution in [1.82, 2.24) is 0 Å². The summed E-state index contributed by atoms with van der Waals surface area (Å²) in [6.07, 6.45) is 0.146. The lowest BCUT2D eigenvalue weighted by Gasteiger charge is -2.17. The molecule has 128 valence electrons. The van der Waals surface area contributed by atoms with Gasteiger partial charge in [-0.15, -0.1) is 0 Å². The number of rotatable bonds is 4. The molecule has 0 unspecified atom stereocenters. The zero-order valence-electron chi connectivity index (χ0n) is 13.6. The highest BCUT2D eigenvalue weighted by Crippen LogP contribution is 2.26. The quantitative estimate of drug-likeness (QED) is 0.685. The first-order valence-electron chi connectivity index (χ1n) is 7.86. The minimum Gasteiger partial charge on any atom is -0.326 e. The first-order valence-corrected chi connectivity index (χ1v) is 7.86. The third kappa shape index (κ3) is 3.65. The summed E-state index contributed by atoms with van der Waals surface area (Å²) in [6, 6.07) is 13.2. The molecule has 0 saturated carbocycles. The van der Waals surface area contributed by atoms with E-state index in [-0.39, 0.29) is 23.9 Å². The Hall–Kier alpha value is -3.22. The molecule has 7 heteroatoms. The van der Waals surface area contributed by atoms with E-state index in [1.165, 1.54) is 24.3 Å². The van der Waals surface area contributed by atoms with Crippen molar-refractivity contribution in [1.29, 1.82) is 0 Å². The topological polar surface area (TPSA) is 92.6 Å². The Morgan fingerprint density at radius 2 is 1.80 bits per heavy atom. The summed E-state index contributed by atoms with van der Waals surface area (Å²) in [6.45, 7) is 2.29. The van der Waals surface area contributed by atoms with Gasteiger partial charge >= 0.3 is 0 Å². The van der Waals surface area contributed by atoms with Crippen LogP contribution in [-0.2, 0) is 9.59 Å². The Kier molecular flexibility index (Phi) is 4.47. The van der Waals surface area contributed by atoms with Crippen LogP contribution in [0, 0.1) is 23.0 Å². The molecule has 2 aromatic carbocycles. The molecule has 1 heterocycles. The number of amides is 2. The van der Waals surface area contributed by atoms with Gasteiger partial charge in [0.05, 0.1) is 10.8 Å². The molecular formula is C18H17N3O4. The number of aryl methyl sites for hydroxylation is 1. The molecule has 1 fully saturated rings. The molecular weight excluding hydrogens is 322 g/mol. The van der Waals surface area contributed by atoms with Crippen molar-refractivity contribution < 1.29 is 14.5 Å². The van der Waals surface area contributed by atoms with Gasteiger partial charge in [-0.25, -0.2) is 0 Å². The smallest absolute Gasteiger partial charge is 0.269 e. The first kappa shape index (κ1) is 16.6. The normalized spacial score (nSPS) is 16.8. The Morgan fingerprint density at radius 1 is 1.16 bits per heavy atom. The number of benzene rings is 2. The lowest BCUT2D eigenvalue weighted by Crippen LogP contribution is -2.28. The fourth-order valence-electron chi connectivity index (χ4n) is 2.77. The maximum atomic E-state index is 12.4. The molecule has 3 rings (SSSR count). The molecule has 1 aliphatic rings. The van der Waals surface area contributed by atoms with Gasteiger partial charge in [-0.1, -0.05) is 17.7 Å². The van der Waals surface area contributed by atoms with E-state index < -0.39 is 10.8 Å². The number of anilines is 2. The summed E-state index contributed by atoms with van der Waals surface area (Å²) in [4.78, 5) is 36.4. The summed E-state index contributed by atoms with van der Waals surface area (Å²) in [5, 5.41) is 13.4. The van der Waals surface area contributed by atoms with Gasteiger partial charge in [0.25, 0.3) is 5.69 Å². The van der Waals surface area contributed by atoms with Crippen molar-refractivity contribution in [2.75, 3.05) is 16.8 Å². The largest absolute Gasteiger partial charge is 0.326 e. The van der Waals surface area contributed by atoms with Gasteiger partial charge in [0, 0.05) is 36.5 Å². The van der Waals surface area contributed by atoms with Gasteiger partial charge in [0.2, 0.25) is 11.8 Å². The number of nitrogens with zero attached hydrogens (tertiary/aromatic N) is 2.